The molecule has 5 rings (SSSR count). The number of imide groups is 1. The number of nitrogens with zero attached hydrogens (tertiary/aromatic N) is 3. The second-order valence-electron chi connectivity index (χ2n) is 8.92. The normalized spacial score (nSPS) is 16.6. The Balaban J connectivity index is 1.40. The second-order valence-corrected chi connectivity index (χ2v) is 8.92. The van der Waals surface area contributed by atoms with Gasteiger partial charge in [0.05, 0.1) is 23.6 Å². The maximum atomic E-state index is 13.3. The van der Waals surface area contributed by atoms with Crippen LogP contribution in [-0.4, -0.2) is 47.1 Å². The lowest BCUT2D eigenvalue weighted by atomic mass is 10.0. The number of carbonyl (C=O) groups is 3. The van der Waals surface area contributed by atoms with Crippen LogP contribution in [0, 0.1) is 0 Å². The van der Waals surface area contributed by atoms with Crippen LogP contribution in [0.5, 0.6) is 0 Å². The van der Waals surface area contributed by atoms with E-state index in [0.717, 1.165) is 53.8 Å². The highest BCUT2D eigenvalue weighted by Crippen LogP contribution is 2.42. The topological polar surface area (TPSA) is 108 Å². The molecular weight excluding hydrogens is 432 g/mol. The summed E-state index contributed by atoms with van der Waals surface area (Å²) in [4.78, 5) is 37.2. The molecule has 1 unspecified atom stereocenters. The summed E-state index contributed by atoms with van der Waals surface area (Å²) in [5.41, 5.74) is 3.33. The van der Waals surface area contributed by atoms with Gasteiger partial charge in [-0.2, -0.15) is 5.10 Å². The molecule has 3 amide bonds. The summed E-state index contributed by atoms with van der Waals surface area (Å²) in [5.74, 6) is -0.416. The molecule has 176 valence electrons. The maximum absolute atomic E-state index is 13.3. The highest BCUT2D eigenvalue weighted by molar-refractivity contribution is 6.27. The van der Waals surface area contributed by atoms with Crippen LogP contribution >= 0.6 is 0 Å². The Kier molecular flexibility index (Phi) is 6.02. The molecule has 2 aromatic carbocycles. The van der Waals surface area contributed by atoms with Crippen molar-refractivity contribution in [1.29, 1.82) is 0 Å². The summed E-state index contributed by atoms with van der Waals surface area (Å²) in [5, 5.41) is 15.5. The van der Waals surface area contributed by atoms with Crippen molar-refractivity contribution >= 4 is 46.1 Å². The number of hydrogen-bond donors (Lipinski definition) is 3. The third kappa shape index (κ3) is 4.03. The van der Waals surface area contributed by atoms with E-state index >= 15 is 0 Å². The minimum Gasteiger partial charge on any atom is -0.352 e. The third-order valence-corrected chi connectivity index (χ3v) is 6.74. The van der Waals surface area contributed by atoms with Gasteiger partial charge in [0.1, 0.15) is 0 Å². The predicted molar refractivity (Wildman–Crippen MR) is 130 cm³/mol. The lowest BCUT2D eigenvalue weighted by molar-refractivity contribution is -0.125. The molecule has 1 aromatic heterocycles. The molecule has 0 spiro atoms. The summed E-state index contributed by atoms with van der Waals surface area (Å²) in [6, 6.07) is 9.92. The number of benzene rings is 2. The average molecular weight is 461 g/mol. The van der Waals surface area contributed by atoms with Crippen molar-refractivity contribution < 1.29 is 14.4 Å². The van der Waals surface area contributed by atoms with E-state index in [9.17, 15) is 14.4 Å². The average Bonchev–Trinajstić information content (AvgIpc) is 3.44. The maximum Gasteiger partial charge on any atom is 0.259 e. The van der Waals surface area contributed by atoms with Gasteiger partial charge < -0.3 is 15.5 Å². The molecule has 1 atom stereocenters. The quantitative estimate of drug-likeness (QED) is 0.446. The highest BCUT2D eigenvalue weighted by Gasteiger charge is 2.33. The number of piperidine rings is 1. The molecule has 2 aliphatic rings. The zero-order valence-corrected chi connectivity index (χ0v) is 19.1. The summed E-state index contributed by atoms with van der Waals surface area (Å²) in [6.07, 6.45) is 7.03. The number of amides is 3. The van der Waals surface area contributed by atoms with Crippen molar-refractivity contribution in [2.75, 3.05) is 23.3 Å². The Morgan fingerprint density at radius 2 is 2.09 bits per heavy atom. The Morgan fingerprint density at radius 1 is 1.26 bits per heavy atom. The molecule has 0 aliphatic carbocycles. The summed E-state index contributed by atoms with van der Waals surface area (Å²) >= 11 is 0. The zero-order valence-electron chi connectivity index (χ0n) is 19.1. The number of aromatic nitrogens is 2. The van der Waals surface area contributed by atoms with Gasteiger partial charge in [-0.3, -0.25) is 24.4 Å². The van der Waals surface area contributed by atoms with E-state index in [2.05, 4.69) is 21.0 Å². The van der Waals surface area contributed by atoms with E-state index in [1.807, 2.05) is 54.3 Å². The molecule has 3 aromatic rings. The van der Waals surface area contributed by atoms with E-state index in [4.69, 9.17) is 0 Å². The summed E-state index contributed by atoms with van der Waals surface area (Å²) < 4.78 is 2.04. The Morgan fingerprint density at radius 3 is 2.88 bits per heavy atom. The second kappa shape index (κ2) is 9.26. The van der Waals surface area contributed by atoms with Gasteiger partial charge in [0, 0.05) is 40.7 Å². The van der Waals surface area contributed by atoms with E-state index in [-0.39, 0.29) is 24.3 Å². The number of rotatable bonds is 8. The zero-order chi connectivity index (χ0) is 23.7. The SMILES string of the molecule is CC(CCC(=O)NC=O)N1C(=O)c2cccc3c(Nc4cnn(C5CCNCC5)c4)ccc1c23. The first kappa shape index (κ1) is 22.1. The Bertz CT molecular complexity index is 1250. The van der Waals surface area contributed by atoms with Crippen molar-refractivity contribution in [3.63, 3.8) is 0 Å². The summed E-state index contributed by atoms with van der Waals surface area (Å²) in [7, 11) is 0. The first-order valence-corrected chi connectivity index (χ1v) is 11.7. The van der Waals surface area contributed by atoms with Gasteiger partial charge in [-0.05, 0) is 57.5 Å². The van der Waals surface area contributed by atoms with E-state index < -0.39 is 0 Å². The first-order chi connectivity index (χ1) is 16.6. The molecule has 1 fully saturated rings. The third-order valence-electron chi connectivity index (χ3n) is 6.74. The van der Waals surface area contributed by atoms with Crippen molar-refractivity contribution in [2.24, 2.45) is 0 Å². The van der Waals surface area contributed by atoms with Crippen LogP contribution in [-0.2, 0) is 9.59 Å². The van der Waals surface area contributed by atoms with E-state index in [1.54, 1.807) is 4.90 Å². The lowest BCUT2D eigenvalue weighted by Gasteiger charge is -2.25. The molecule has 3 heterocycles. The monoisotopic (exact) mass is 460 g/mol. The van der Waals surface area contributed by atoms with Gasteiger partial charge in [0.25, 0.3) is 5.91 Å². The first-order valence-electron chi connectivity index (χ1n) is 11.7. The van der Waals surface area contributed by atoms with Crippen molar-refractivity contribution in [3.8, 4) is 0 Å². The van der Waals surface area contributed by atoms with Crippen LogP contribution in [0.3, 0.4) is 0 Å². The molecule has 0 bridgehead atoms. The van der Waals surface area contributed by atoms with Crippen molar-refractivity contribution in [2.45, 2.75) is 44.7 Å². The van der Waals surface area contributed by atoms with Gasteiger partial charge >= 0.3 is 0 Å². The minimum absolute atomic E-state index is 0.0697. The molecule has 0 radical (unpaired) electrons. The highest BCUT2D eigenvalue weighted by atomic mass is 16.2. The van der Waals surface area contributed by atoms with E-state index in [0.29, 0.717) is 24.4 Å². The molecule has 3 N–H and O–H groups in total. The Labute approximate surface area is 197 Å². The molecular formula is C25H28N6O3. The van der Waals surface area contributed by atoms with Crippen LogP contribution in [0.1, 0.15) is 49.0 Å². The van der Waals surface area contributed by atoms with Crippen LogP contribution in [0.25, 0.3) is 10.8 Å². The van der Waals surface area contributed by atoms with Crippen LogP contribution in [0.15, 0.2) is 42.7 Å². The fourth-order valence-corrected chi connectivity index (χ4v) is 4.99. The molecule has 1 saturated heterocycles. The Hall–Kier alpha value is -3.72. The molecule has 2 aliphatic heterocycles. The van der Waals surface area contributed by atoms with Gasteiger partial charge in [-0.1, -0.05) is 12.1 Å². The fraction of sp³-hybridized carbons (Fsp3) is 0.360. The summed E-state index contributed by atoms with van der Waals surface area (Å²) in [6.45, 7) is 3.94. The number of carbonyl (C=O) groups excluding carboxylic acids is 3. The predicted octanol–water partition coefficient (Wildman–Crippen LogP) is 3.11. The van der Waals surface area contributed by atoms with Crippen LogP contribution in [0.2, 0.25) is 0 Å². The molecule has 9 nitrogen and oxygen atoms in total. The molecule has 34 heavy (non-hydrogen) atoms. The number of nitrogens with one attached hydrogen (secondary N) is 3. The standard InChI is InChI=1S/C25H28N6O3/c1-16(5-8-23(33)27-15-32)31-22-7-6-21(19-3-2-4-20(24(19)22)25(31)34)29-17-13-28-30(14-17)18-9-11-26-12-10-18/h2-4,6-7,13-16,18,26,29H,5,8-12H2,1H3,(H,27,32,33). The van der Waals surface area contributed by atoms with Crippen molar-refractivity contribution in [3.05, 3.63) is 48.3 Å². The van der Waals surface area contributed by atoms with Gasteiger partial charge in [0.2, 0.25) is 12.3 Å². The van der Waals surface area contributed by atoms with Gasteiger partial charge in [-0.15, -0.1) is 0 Å². The largest absolute Gasteiger partial charge is 0.352 e. The molecule has 9 heteroatoms. The van der Waals surface area contributed by atoms with Crippen LogP contribution in [0.4, 0.5) is 17.1 Å². The van der Waals surface area contributed by atoms with Crippen LogP contribution < -0.4 is 20.9 Å². The van der Waals surface area contributed by atoms with Gasteiger partial charge in [-0.25, -0.2) is 0 Å². The number of hydrogen-bond acceptors (Lipinski definition) is 6. The number of anilines is 3. The van der Waals surface area contributed by atoms with E-state index in [1.165, 1.54) is 0 Å². The van der Waals surface area contributed by atoms with Crippen molar-refractivity contribution in [1.82, 2.24) is 20.4 Å². The minimum atomic E-state index is -0.347. The lowest BCUT2D eigenvalue weighted by Crippen LogP contribution is -2.36. The smallest absolute Gasteiger partial charge is 0.259 e. The molecule has 0 saturated carbocycles. The fourth-order valence-electron chi connectivity index (χ4n) is 4.99. The van der Waals surface area contributed by atoms with Gasteiger partial charge in [0.15, 0.2) is 0 Å².